The Morgan fingerprint density at radius 3 is 0.693 bits per heavy atom. The summed E-state index contributed by atoms with van der Waals surface area (Å²) in [6.45, 7) is 5.15. The number of rotatable bonds is 54. The van der Waals surface area contributed by atoms with E-state index in [1.54, 1.807) is 0 Å². The summed E-state index contributed by atoms with van der Waals surface area (Å²) >= 11 is 0. The first-order chi connectivity index (χ1) is 36.8. The van der Waals surface area contributed by atoms with E-state index in [0.29, 0.717) is 19.3 Å². The second-order valence-corrected chi connectivity index (χ2v) is 21.0. The summed E-state index contributed by atoms with van der Waals surface area (Å²) in [6.07, 6.45) is 60.1. The smallest absolute Gasteiger partial charge is 0.336 e. The number of hydrogen-bond acceptors (Lipinski definition) is 9. The van der Waals surface area contributed by atoms with Crippen molar-refractivity contribution in [3.05, 3.63) is 67.9 Å². The van der Waals surface area contributed by atoms with E-state index >= 15 is 0 Å². The van der Waals surface area contributed by atoms with Crippen LogP contribution in [-0.4, -0.2) is 51.4 Å². The zero-order valence-corrected chi connectivity index (χ0v) is 48.4. The highest BCUT2D eigenvalue weighted by molar-refractivity contribution is 5.70. The molecule has 1 heterocycles. The molecule has 0 atom stereocenters. The minimum Gasteiger partial charge on any atom is -0.464 e. The van der Waals surface area contributed by atoms with E-state index in [2.05, 4.69) is 39.0 Å². The van der Waals surface area contributed by atoms with Gasteiger partial charge in [0.05, 0.1) is 19.6 Å². The monoisotopic (exact) mass is 1050 g/mol. The third-order valence-corrected chi connectivity index (χ3v) is 14.1. The highest BCUT2D eigenvalue weighted by atomic mass is 16.5. The first-order valence-corrected chi connectivity index (χ1v) is 31.1. The number of aromatic nitrogens is 3. The number of esters is 3. The van der Waals surface area contributed by atoms with E-state index in [9.17, 15) is 28.8 Å². The standard InChI is InChI=1S/C63H111N3O9/c1-4-7-10-13-16-19-22-25-28-31-34-37-40-43-46-49-58(67)73-55-52-64-61(70)65(53-56-74-59(68)50-47-44-41-38-35-32-29-26-23-20-17-14-11-8-5-2)63(72)66(62(64)71)54-57-75-60(69)51-48-45-42-39-36-33-30-27-24-21-18-15-12-9-6-3/h40-45H,4-39,46-57H2,1-3H3/b43-40+,44-41+,45-42+. The number of hydrogen-bond donors (Lipinski definition) is 0. The normalized spacial score (nSPS) is 11.7. The van der Waals surface area contributed by atoms with Crippen molar-refractivity contribution < 1.29 is 28.6 Å². The molecular formula is C63H111N3O9. The Hall–Kier alpha value is -3.96. The van der Waals surface area contributed by atoms with Crippen LogP contribution < -0.4 is 17.1 Å². The van der Waals surface area contributed by atoms with E-state index in [1.165, 1.54) is 193 Å². The van der Waals surface area contributed by atoms with E-state index in [-0.39, 0.29) is 58.7 Å². The maximum absolute atomic E-state index is 13.6. The van der Waals surface area contributed by atoms with Crippen LogP contribution in [0.5, 0.6) is 0 Å². The molecule has 1 rings (SSSR count). The van der Waals surface area contributed by atoms with Crippen LogP contribution in [0.15, 0.2) is 50.8 Å². The number of ether oxygens (including phenoxy) is 3. The van der Waals surface area contributed by atoms with Crippen molar-refractivity contribution in [1.82, 2.24) is 13.7 Å². The zero-order valence-electron chi connectivity index (χ0n) is 48.4. The first kappa shape index (κ1) is 69.1. The lowest BCUT2D eigenvalue weighted by Gasteiger charge is -2.14. The van der Waals surface area contributed by atoms with Gasteiger partial charge in [-0.3, -0.25) is 14.4 Å². The van der Waals surface area contributed by atoms with Crippen molar-refractivity contribution in [1.29, 1.82) is 0 Å². The molecule has 0 saturated carbocycles. The summed E-state index contributed by atoms with van der Waals surface area (Å²) < 4.78 is 18.7. The summed E-state index contributed by atoms with van der Waals surface area (Å²) in [7, 11) is 0. The maximum Gasteiger partial charge on any atom is 0.336 e. The van der Waals surface area contributed by atoms with Crippen LogP contribution in [0.25, 0.3) is 0 Å². The molecule has 0 N–H and O–H groups in total. The molecule has 0 aliphatic rings. The Labute approximate surface area is 456 Å². The summed E-state index contributed by atoms with van der Waals surface area (Å²) in [5.74, 6) is -1.37. The Kier molecular flexibility index (Phi) is 48.0. The Morgan fingerprint density at radius 1 is 0.293 bits per heavy atom. The average Bonchev–Trinajstić information content (AvgIpc) is 3.40. The van der Waals surface area contributed by atoms with Crippen LogP contribution in [0.1, 0.15) is 290 Å². The fourth-order valence-electron chi connectivity index (χ4n) is 9.32. The molecule has 0 aliphatic heterocycles. The van der Waals surface area contributed by atoms with Gasteiger partial charge >= 0.3 is 35.0 Å². The third kappa shape index (κ3) is 40.9. The molecule has 0 amide bonds. The molecule has 0 aliphatic carbocycles. The molecule has 0 unspecified atom stereocenters. The molecule has 1 aromatic heterocycles. The second kappa shape index (κ2) is 52.1. The van der Waals surface area contributed by atoms with Gasteiger partial charge in [0.1, 0.15) is 19.8 Å². The van der Waals surface area contributed by atoms with Crippen molar-refractivity contribution >= 4 is 17.9 Å². The Bertz CT molecular complexity index is 1570. The van der Waals surface area contributed by atoms with Gasteiger partial charge in [-0.1, -0.05) is 250 Å². The van der Waals surface area contributed by atoms with Crippen LogP contribution >= 0.6 is 0 Å². The summed E-state index contributed by atoms with van der Waals surface area (Å²) in [4.78, 5) is 78.6. The van der Waals surface area contributed by atoms with Gasteiger partial charge in [-0.15, -0.1) is 0 Å². The molecule has 0 fully saturated rings. The van der Waals surface area contributed by atoms with Crippen LogP contribution in [0, 0.1) is 0 Å². The minimum atomic E-state index is -0.902. The van der Waals surface area contributed by atoms with Gasteiger partial charge in [0.25, 0.3) is 0 Å². The number of nitrogens with zero attached hydrogens (tertiary/aromatic N) is 3. The van der Waals surface area contributed by atoms with Crippen molar-refractivity contribution in [3.8, 4) is 0 Å². The molecular weight excluding hydrogens is 943 g/mol. The van der Waals surface area contributed by atoms with Gasteiger partial charge < -0.3 is 14.2 Å². The summed E-state index contributed by atoms with van der Waals surface area (Å²) in [5, 5.41) is 0. The first-order valence-electron chi connectivity index (χ1n) is 31.1. The molecule has 0 aromatic carbocycles. The minimum absolute atomic E-state index is 0.161. The third-order valence-electron chi connectivity index (χ3n) is 14.1. The molecule has 1 aromatic rings. The predicted octanol–water partition coefficient (Wildman–Crippen LogP) is 15.9. The van der Waals surface area contributed by atoms with Gasteiger partial charge in [-0.25, -0.2) is 28.1 Å². The second-order valence-electron chi connectivity index (χ2n) is 21.0. The number of unbranched alkanes of at least 4 members (excludes halogenated alkanes) is 33. The van der Waals surface area contributed by atoms with Crippen molar-refractivity contribution in [2.75, 3.05) is 19.8 Å². The fraction of sp³-hybridized carbons (Fsp3) is 0.810. The van der Waals surface area contributed by atoms with Crippen LogP contribution in [0.3, 0.4) is 0 Å². The topological polar surface area (TPSA) is 145 Å². The number of allylic oxidation sites excluding steroid dienone is 6. The van der Waals surface area contributed by atoms with Gasteiger partial charge in [0.15, 0.2) is 0 Å². The molecule has 0 saturated heterocycles. The lowest BCUT2D eigenvalue weighted by atomic mass is 10.1. The maximum atomic E-state index is 13.6. The quantitative estimate of drug-likeness (QED) is 0.0269. The lowest BCUT2D eigenvalue weighted by Crippen LogP contribution is -2.55. The van der Waals surface area contributed by atoms with E-state index in [0.717, 1.165) is 52.2 Å². The summed E-state index contributed by atoms with van der Waals surface area (Å²) in [5.41, 5.74) is -2.71. The van der Waals surface area contributed by atoms with Crippen LogP contribution in [-0.2, 0) is 48.2 Å². The van der Waals surface area contributed by atoms with Crippen molar-refractivity contribution in [3.63, 3.8) is 0 Å². The largest absolute Gasteiger partial charge is 0.464 e. The molecule has 0 spiro atoms. The van der Waals surface area contributed by atoms with Crippen LogP contribution in [0.2, 0.25) is 0 Å². The van der Waals surface area contributed by atoms with E-state index < -0.39 is 35.0 Å². The van der Waals surface area contributed by atoms with Crippen molar-refractivity contribution in [2.24, 2.45) is 0 Å². The van der Waals surface area contributed by atoms with Crippen LogP contribution in [0.4, 0.5) is 0 Å². The van der Waals surface area contributed by atoms with Crippen molar-refractivity contribution in [2.45, 2.75) is 310 Å². The Morgan fingerprint density at radius 2 is 0.480 bits per heavy atom. The molecule has 12 nitrogen and oxygen atoms in total. The van der Waals surface area contributed by atoms with Gasteiger partial charge in [0.2, 0.25) is 0 Å². The molecule has 75 heavy (non-hydrogen) atoms. The van der Waals surface area contributed by atoms with E-state index in [1.807, 2.05) is 18.2 Å². The highest BCUT2D eigenvalue weighted by Gasteiger charge is 2.17. The highest BCUT2D eigenvalue weighted by Crippen LogP contribution is 2.15. The number of carbonyl (C=O) groups is 3. The van der Waals surface area contributed by atoms with Gasteiger partial charge in [-0.05, 0) is 57.8 Å². The molecule has 432 valence electrons. The van der Waals surface area contributed by atoms with E-state index in [4.69, 9.17) is 14.2 Å². The molecule has 0 radical (unpaired) electrons. The SMILES string of the molecule is CCCCCCCCCCCCC/C=C/CCC(=O)OCCn1c(=O)n(CCOC(=O)CC/C=C/CCCCCCCCCCCCC)c(=O)n(CCOC(=O)CC/C=C/CCCCCCCCCCCCC)c1=O. The average molecular weight is 1050 g/mol. The summed E-state index contributed by atoms with van der Waals surface area (Å²) in [6, 6.07) is 0. The molecule has 12 heteroatoms. The zero-order chi connectivity index (χ0) is 54.5. The lowest BCUT2D eigenvalue weighted by molar-refractivity contribution is -0.144. The Balaban J connectivity index is 2.64. The van der Waals surface area contributed by atoms with Gasteiger partial charge in [-0.2, -0.15) is 0 Å². The molecule has 0 bridgehead atoms. The van der Waals surface area contributed by atoms with Gasteiger partial charge in [0, 0.05) is 19.3 Å². The number of carbonyl (C=O) groups excluding carboxylic acids is 3. The fourth-order valence-corrected chi connectivity index (χ4v) is 9.32. The predicted molar refractivity (Wildman–Crippen MR) is 310 cm³/mol.